The predicted octanol–water partition coefficient (Wildman–Crippen LogP) is 2.24. The van der Waals surface area contributed by atoms with Gasteiger partial charge in [-0.3, -0.25) is 4.79 Å². The van der Waals surface area contributed by atoms with E-state index in [4.69, 9.17) is 4.74 Å². The molecule has 1 unspecified atom stereocenters. The second-order valence-electron chi connectivity index (χ2n) is 4.66. The summed E-state index contributed by atoms with van der Waals surface area (Å²) in [6, 6.07) is 6.21. The van der Waals surface area contributed by atoms with Crippen LogP contribution in [0.3, 0.4) is 0 Å². The Hall–Kier alpha value is -1.51. The molecule has 0 fully saturated rings. The van der Waals surface area contributed by atoms with Crippen molar-refractivity contribution in [3.8, 4) is 0 Å². The maximum absolute atomic E-state index is 11.4. The SMILES string of the molecule is COC(=O)CC1(C)CNc2c(C)cccc21. The van der Waals surface area contributed by atoms with Crippen molar-refractivity contribution >= 4 is 11.7 Å². The number of benzene rings is 1. The summed E-state index contributed by atoms with van der Waals surface area (Å²) in [5.41, 5.74) is 3.48. The number of anilines is 1. The van der Waals surface area contributed by atoms with Gasteiger partial charge in [0.1, 0.15) is 0 Å². The number of carbonyl (C=O) groups is 1. The number of nitrogens with one attached hydrogen (secondary N) is 1. The topological polar surface area (TPSA) is 38.3 Å². The molecular formula is C13H17NO2. The number of hydrogen-bond acceptors (Lipinski definition) is 3. The molecule has 16 heavy (non-hydrogen) atoms. The molecule has 1 aromatic carbocycles. The Bertz CT molecular complexity index is 428. The zero-order chi connectivity index (χ0) is 11.8. The van der Waals surface area contributed by atoms with Crippen LogP contribution in [0.4, 0.5) is 5.69 Å². The number of aryl methyl sites for hydroxylation is 1. The minimum absolute atomic E-state index is 0.144. The van der Waals surface area contributed by atoms with Gasteiger partial charge < -0.3 is 10.1 Å². The smallest absolute Gasteiger partial charge is 0.306 e. The molecule has 0 spiro atoms. The van der Waals surface area contributed by atoms with Crippen LogP contribution >= 0.6 is 0 Å². The van der Waals surface area contributed by atoms with E-state index in [1.54, 1.807) is 0 Å². The molecule has 1 aliphatic heterocycles. The molecule has 0 aromatic heterocycles. The number of methoxy groups -OCH3 is 1. The fourth-order valence-electron chi connectivity index (χ4n) is 2.33. The second kappa shape index (κ2) is 3.81. The molecule has 3 heteroatoms. The molecule has 1 aliphatic rings. The van der Waals surface area contributed by atoms with Gasteiger partial charge in [0.2, 0.25) is 0 Å². The molecule has 1 heterocycles. The lowest BCUT2D eigenvalue weighted by molar-refractivity contribution is -0.141. The Morgan fingerprint density at radius 1 is 1.56 bits per heavy atom. The van der Waals surface area contributed by atoms with Gasteiger partial charge in [-0.2, -0.15) is 0 Å². The van der Waals surface area contributed by atoms with E-state index in [1.807, 2.05) is 6.07 Å². The maximum Gasteiger partial charge on any atom is 0.306 e. The third kappa shape index (κ3) is 1.66. The van der Waals surface area contributed by atoms with E-state index >= 15 is 0 Å². The summed E-state index contributed by atoms with van der Waals surface area (Å²) in [5, 5.41) is 3.38. The van der Waals surface area contributed by atoms with Crippen molar-refractivity contribution in [2.75, 3.05) is 19.0 Å². The summed E-state index contributed by atoms with van der Waals surface area (Å²) in [5.74, 6) is -0.154. The second-order valence-corrected chi connectivity index (χ2v) is 4.66. The van der Waals surface area contributed by atoms with Gasteiger partial charge in [-0.05, 0) is 18.1 Å². The van der Waals surface area contributed by atoms with E-state index in [-0.39, 0.29) is 11.4 Å². The van der Waals surface area contributed by atoms with Crippen LogP contribution in [0.25, 0.3) is 0 Å². The van der Waals surface area contributed by atoms with Crippen molar-refractivity contribution in [1.82, 2.24) is 0 Å². The van der Waals surface area contributed by atoms with Crippen LogP contribution in [-0.4, -0.2) is 19.6 Å². The Morgan fingerprint density at radius 3 is 3.00 bits per heavy atom. The molecule has 2 rings (SSSR count). The van der Waals surface area contributed by atoms with Gasteiger partial charge in [-0.1, -0.05) is 25.1 Å². The van der Waals surface area contributed by atoms with Gasteiger partial charge in [0.25, 0.3) is 0 Å². The molecule has 0 saturated heterocycles. The van der Waals surface area contributed by atoms with Crippen molar-refractivity contribution in [3.05, 3.63) is 29.3 Å². The molecule has 0 radical (unpaired) electrons. The lowest BCUT2D eigenvalue weighted by Gasteiger charge is -2.22. The van der Waals surface area contributed by atoms with Gasteiger partial charge in [-0.25, -0.2) is 0 Å². The molecule has 1 atom stereocenters. The molecule has 0 aliphatic carbocycles. The van der Waals surface area contributed by atoms with E-state index < -0.39 is 0 Å². The normalized spacial score (nSPS) is 22.4. The number of ether oxygens (including phenoxy) is 1. The first-order valence-electron chi connectivity index (χ1n) is 5.47. The highest BCUT2D eigenvalue weighted by Gasteiger charge is 2.37. The Kier molecular flexibility index (Phi) is 2.62. The molecule has 1 N–H and O–H groups in total. The van der Waals surface area contributed by atoms with Crippen LogP contribution in [0, 0.1) is 6.92 Å². The van der Waals surface area contributed by atoms with Crippen molar-refractivity contribution in [2.45, 2.75) is 25.7 Å². The van der Waals surface area contributed by atoms with E-state index in [2.05, 4.69) is 31.3 Å². The summed E-state index contributed by atoms with van der Waals surface area (Å²) in [6.07, 6.45) is 0.424. The molecular weight excluding hydrogens is 202 g/mol. The largest absolute Gasteiger partial charge is 0.469 e. The number of fused-ring (bicyclic) bond motifs is 1. The highest BCUT2D eigenvalue weighted by Crippen LogP contribution is 2.40. The predicted molar refractivity (Wildman–Crippen MR) is 63.7 cm³/mol. The van der Waals surface area contributed by atoms with Crippen LogP contribution in [0.15, 0.2) is 18.2 Å². The summed E-state index contributed by atoms with van der Waals surface area (Å²) < 4.78 is 4.76. The summed E-state index contributed by atoms with van der Waals surface area (Å²) >= 11 is 0. The van der Waals surface area contributed by atoms with Crippen LogP contribution in [-0.2, 0) is 14.9 Å². The van der Waals surface area contributed by atoms with Gasteiger partial charge in [-0.15, -0.1) is 0 Å². The van der Waals surface area contributed by atoms with Gasteiger partial charge in [0.15, 0.2) is 0 Å². The summed E-state index contributed by atoms with van der Waals surface area (Å²) in [4.78, 5) is 11.4. The summed E-state index contributed by atoms with van der Waals surface area (Å²) in [7, 11) is 1.44. The number of esters is 1. The maximum atomic E-state index is 11.4. The van der Waals surface area contributed by atoms with E-state index in [0.717, 1.165) is 6.54 Å². The van der Waals surface area contributed by atoms with Gasteiger partial charge in [0.05, 0.1) is 13.5 Å². The third-order valence-electron chi connectivity index (χ3n) is 3.34. The fraction of sp³-hybridized carbons (Fsp3) is 0.462. The van der Waals surface area contributed by atoms with Crippen molar-refractivity contribution < 1.29 is 9.53 Å². The quantitative estimate of drug-likeness (QED) is 0.775. The van der Waals surface area contributed by atoms with Gasteiger partial charge >= 0.3 is 5.97 Å². The molecule has 0 amide bonds. The highest BCUT2D eigenvalue weighted by molar-refractivity contribution is 5.74. The number of rotatable bonds is 2. The minimum atomic E-state index is -0.154. The number of para-hydroxylation sites is 1. The first-order chi connectivity index (χ1) is 7.57. The van der Waals surface area contributed by atoms with Crippen LogP contribution < -0.4 is 5.32 Å². The monoisotopic (exact) mass is 219 g/mol. The lowest BCUT2D eigenvalue weighted by atomic mass is 9.81. The Balaban J connectivity index is 2.35. The number of hydrogen-bond donors (Lipinski definition) is 1. The van der Waals surface area contributed by atoms with E-state index in [1.165, 1.54) is 23.9 Å². The van der Waals surface area contributed by atoms with Crippen molar-refractivity contribution in [1.29, 1.82) is 0 Å². The zero-order valence-electron chi connectivity index (χ0n) is 9.96. The summed E-state index contributed by atoms with van der Waals surface area (Å²) in [6.45, 7) is 4.97. The molecule has 3 nitrogen and oxygen atoms in total. The first kappa shape index (κ1) is 11.0. The fourth-order valence-corrected chi connectivity index (χ4v) is 2.33. The average molecular weight is 219 g/mol. The molecule has 86 valence electrons. The highest BCUT2D eigenvalue weighted by atomic mass is 16.5. The van der Waals surface area contributed by atoms with Crippen LogP contribution in [0.1, 0.15) is 24.5 Å². The van der Waals surface area contributed by atoms with Crippen LogP contribution in [0.2, 0.25) is 0 Å². The van der Waals surface area contributed by atoms with E-state index in [0.29, 0.717) is 6.42 Å². The van der Waals surface area contributed by atoms with E-state index in [9.17, 15) is 4.79 Å². The van der Waals surface area contributed by atoms with Crippen molar-refractivity contribution in [2.24, 2.45) is 0 Å². The molecule has 0 saturated carbocycles. The first-order valence-corrected chi connectivity index (χ1v) is 5.47. The molecule has 0 bridgehead atoms. The standard InChI is InChI=1S/C13H17NO2/c1-9-5-4-6-10-12(9)14-8-13(10,2)7-11(15)16-3/h4-6,14H,7-8H2,1-3H3. The zero-order valence-corrected chi connectivity index (χ0v) is 9.96. The van der Waals surface area contributed by atoms with Crippen LogP contribution in [0.5, 0.6) is 0 Å². The van der Waals surface area contributed by atoms with Crippen molar-refractivity contribution in [3.63, 3.8) is 0 Å². The average Bonchev–Trinajstić information content (AvgIpc) is 2.58. The minimum Gasteiger partial charge on any atom is -0.469 e. The lowest BCUT2D eigenvalue weighted by Crippen LogP contribution is -2.28. The van der Waals surface area contributed by atoms with Gasteiger partial charge in [0, 0.05) is 17.6 Å². The third-order valence-corrected chi connectivity index (χ3v) is 3.34. The molecule has 1 aromatic rings. The Labute approximate surface area is 95.8 Å². The number of carbonyl (C=O) groups excluding carboxylic acids is 1. The Morgan fingerprint density at radius 2 is 2.31 bits per heavy atom.